The monoisotopic (exact) mass is 356 g/mol. The molecular formula is C15H24N4O4S. The maximum Gasteiger partial charge on any atom is 0.267 e. The number of fused-ring (bicyclic) bond motifs is 1. The van der Waals surface area contributed by atoms with Gasteiger partial charge in [0.25, 0.3) is 5.91 Å². The van der Waals surface area contributed by atoms with Crippen LogP contribution in [0.3, 0.4) is 0 Å². The number of thioether (sulfide) groups is 1. The molecule has 2 N–H and O–H groups in total. The number of carbonyl (C=O) groups is 4. The topological polar surface area (TPSA) is 98.8 Å². The number of β-lactam (4-membered cyclic amide) rings is 1. The molecule has 2 saturated heterocycles. The minimum Gasteiger partial charge on any atom is -0.342 e. The van der Waals surface area contributed by atoms with Crippen LogP contribution in [0, 0.1) is 0 Å². The molecule has 0 aromatic carbocycles. The number of ketones is 1. The van der Waals surface area contributed by atoms with Gasteiger partial charge < -0.3 is 10.2 Å². The number of carbonyl (C=O) groups excluding carboxylic acids is 4. The number of rotatable bonds is 5. The quantitative estimate of drug-likeness (QED) is 0.391. The van der Waals surface area contributed by atoms with E-state index in [2.05, 4.69) is 10.7 Å². The van der Waals surface area contributed by atoms with E-state index < -0.39 is 18.0 Å². The van der Waals surface area contributed by atoms with Crippen molar-refractivity contribution in [1.29, 1.82) is 0 Å². The molecule has 0 radical (unpaired) electrons. The Morgan fingerprint density at radius 3 is 2.38 bits per heavy atom. The van der Waals surface area contributed by atoms with Crippen molar-refractivity contribution in [3.63, 3.8) is 0 Å². The van der Waals surface area contributed by atoms with E-state index in [1.165, 1.54) is 28.6 Å². The fourth-order valence-electron chi connectivity index (χ4n) is 2.82. The number of hydrogen-bond acceptors (Lipinski definition) is 6. The second-order valence-electron chi connectivity index (χ2n) is 6.58. The number of hydrazine groups is 1. The SMILES string of the molecule is CC(=O)NC1C(=O)N2C(C(=O)N(NC(C)C)C(C)C)C(=O)CS[C@@H]12. The van der Waals surface area contributed by atoms with Gasteiger partial charge in [-0.05, 0) is 27.7 Å². The molecule has 2 heterocycles. The molecule has 0 spiro atoms. The first-order valence-electron chi connectivity index (χ1n) is 7.98. The van der Waals surface area contributed by atoms with Crippen LogP contribution >= 0.6 is 11.8 Å². The lowest BCUT2D eigenvalue weighted by molar-refractivity contribution is -0.165. The third kappa shape index (κ3) is 3.41. The summed E-state index contributed by atoms with van der Waals surface area (Å²) in [5, 5.41) is 3.63. The molecule has 2 fully saturated rings. The van der Waals surface area contributed by atoms with Crippen LogP contribution in [0.4, 0.5) is 0 Å². The molecule has 0 aromatic rings. The maximum absolute atomic E-state index is 12.9. The van der Waals surface area contributed by atoms with Crippen LogP contribution in [0.1, 0.15) is 34.6 Å². The van der Waals surface area contributed by atoms with Gasteiger partial charge in [0.1, 0.15) is 11.4 Å². The van der Waals surface area contributed by atoms with E-state index >= 15 is 0 Å². The van der Waals surface area contributed by atoms with Gasteiger partial charge in [0.2, 0.25) is 11.8 Å². The first-order chi connectivity index (χ1) is 11.1. The van der Waals surface area contributed by atoms with Crippen molar-refractivity contribution in [2.45, 2.75) is 64.2 Å². The standard InChI is InChI=1S/C15H24N4O4S/c1-7(2)17-19(8(3)4)14(23)12-10(21)6-24-15-11(16-9(5)20)13(22)18(12)15/h7-8,11-12,15,17H,6H2,1-5H3,(H,16,20)/t11?,12?,15-/m0/s1. The average Bonchev–Trinajstić information content (AvgIpc) is 2.48. The van der Waals surface area contributed by atoms with Crippen LogP contribution in [0.15, 0.2) is 0 Å². The number of nitrogens with zero attached hydrogens (tertiary/aromatic N) is 2. The highest BCUT2D eigenvalue weighted by molar-refractivity contribution is 8.00. The molecule has 3 atom stereocenters. The van der Waals surface area contributed by atoms with E-state index in [4.69, 9.17) is 0 Å². The molecule has 0 bridgehead atoms. The summed E-state index contributed by atoms with van der Waals surface area (Å²) in [5.74, 6) is -1.26. The first kappa shape index (κ1) is 18.7. The Labute approximate surface area is 145 Å². The zero-order valence-electron chi connectivity index (χ0n) is 14.5. The predicted octanol–water partition coefficient (Wildman–Crippen LogP) is -0.506. The van der Waals surface area contributed by atoms with E-state index in [9.17, 15) is 19.2 Å². The van der Waals surface area contributed by atoms with E-state index in [0.29, 0.717) is 0 Å². The van der Waals surface area contributed by atoms with Gasteiger partial charge in [-0.25, -0.2) is 5.43 Å². The summed E-state index contributed by atoms with van der Waals surface area (Å²) in [4.78, 5) is 50.1. The van der Waals surface area contributed by atoms with Crippen molar-refractivity contribution in [2.24, 2.45) is 0 Å². The van der Waals surface area contributed by atoms with Crippen molar-refractivity contribution in [3.05, 3.63) is 0 Å². The molecule has 2 aliphatic heterocycles. The van der Waals surface area contributed by atoms with E-state index in [-0.39, 0.29) is 40.8 Å². The van der Waals surface area contributed by atoms with Gasteiger partial charge in [0, 0.05) is 19.0 Å². The van der Waals surface area contributed by atoms with Gasteiger partial charge in [-0.2, -0.15) is 0 Å². The van der Waals surface area contributed by atoms with E-state index in [1.54, 1.807) is 0 Å². The summed E-state index contributed by atoms with van der Waals surface area (Å²) in [5.41, 5.74) is 3.03. The van der Waals surface area contributed by atoms with Gasteiger partial charge in [0.15, 0.2) is 11.8 Å². The second-order valence-corrected chi connectivity index (χ2v) is 7.68. The van der Waals surface area contributed by atoms with Gasteiger partial charge in [-0.1, -0.05) is 0 Å². The van der Waals surface area contributed by atoms with Gasteiger partial charge in [0.05, 0.1) is 5.75 Å². The Hall–Kier alpha value is -1.61. The molecule has 0 aliphatic carbocycles. The molecule has 2 rings (SSSR count). The third-order valence-electron chi connectivity index (χ3n) is 3.80. The maximum atomic E-state index is 12.9. The highest BCUT2D eigenvalue weighted by atomic mass is 32.2. The highest BCUT2D eigenvalue weighted by Gasteiger charge is 2.58. The van der Waals surface area contributed by atoms with Crippen molar-refractivity contribution >= 4 is 35.3 Å². The predicted molar refractivity (Wildman–Crippen MR) is 89.7 cm³/mol. The number of nitrogens with one attached hydrogen (secondary N) is 2. The Bertz CT molecular complexity index is 566. The number of hydrogen-bond donors (Lipinski definition) is 2. The summed E-state index contributed by atoms with van der Waals surface area (Å²) in [6.45, 7) is 8.80. The fraction of sp³-hybridized carbons (Fsp3) is 0.733. The molecule has 9 heteroatoms. The summed E-state index contributed by atoms with van der Waals surface area (Å²) in [6.07, 6.45) is 0. The lowest BCUT2D eigenvalue weighted by Crippen LogP contribution is -2.77. The molecule has 24 heavy (non-hydrogen) atoms. The van der Waals surface area contributed by atoms with Crippen LogP contribution in [-0.4, -0.2) is 68.7 Å². The number of Topliss-reactive ketones (excluding diaryl/α,β-unsaturated/α-hetero) is 1. The summed E-state index contributed by atoms with van der Waals surface area (Å²) in [6, 6.07) is -1.94. The first-order valence-corrected chi connectivity index (χ1v) is 9.02. The van der Waals surface area contributed by atoms with Crippen molar-refractivity contribution in [2.75, 3.05) is 5.75 Å². The smallest absolute Gasteiger partial charge is 0.267 e. The fourth-order valence-corrected chi connectivity index (χ4v) is 4.08. The number of amides is 3. The molecule has 2 aliphatic rings. The normalized spacial score (nSPS) is 26.3. The lowest BCUT2D eigenvalue weighted by Gasteiger charge is -2.52. The molecule has 0 saturated carbocycles. The Kier molecular flexibility index (Phi) is 5.54. The van der Waals surface area contributed by atoms with Gasteiger partial charge in [-0.3, -0.25) is 24.2 Å². The van der Waals surface area contributed by atoms with Crippen LogP contribution in [0.5, 0.6) is 0 Å². The minimum atomic E-state index is -1.12. The van der Waals surface area contributed by atoms with E-state index in [1.807, 2.05) is 27.7 Å². The zero-order chi connectivity index (χ0) is 18.2. The van der Waals surface area contributed by atoms with Crippen molar-refractivity contribution in [1.82, 2.24) is 20.7 Å². The molecule has 0 aromatic heterocycles. The molecule has 134 valence electrons. The lowest BCUT2D eigenvalue weighted by atomic mass is 9.99. The Morgan fingerprint density at radius 2 is 1.88 bits per heavy atom. The summed E-state index contributed by atoms with van der Waals surface area (Å²) >= 11 is 1.28. The van der Waals surface area contributed by atoms with Gasteiger partial charge in [-0.15, -0.1) is 11.8 Å². The molecular weight excluding hydrogens is 332 g/mol. The minimum absolute atomic E-state index is 0.0134. The third-order valence-corrected chi connectivity index (χ3v) is 5.10. The molecule has 3 amide bonds. The van der Waals surface area contributed by atoms with Crippen LogP contribution in [0.2, 0.25) is 0 Å². The Balaban J connectivity index is 2.21. The highest BCUT2D eigenvalue weighted by Crippen LogP contribution is 2.37. The second kappa shape index (κ2) is 7.10. The molecule has 8 nitrogen and oxygen atoms in total. The van der Waals surface area contributed by atoms with Crippen molar-refractivity contribution < 1.29 is 19.2 Å². The summed E-state index contributed by atoms with van der Waals surface area (Å²) in [7, 11) is 0. The van der Waals surface area contributed by atoms with Gasteiger partial charge >= 0.3 is 0 Å². The largest absolute Gasteiger partial charge is 0.342 e. The van der Waals surface area contributed by atoms with Crippen LogP contribution < -0.4 is 10.7 Å². The zero-order valence-corrected chi connectivity index (χ0v) is 15.3. The molecule has 2 unspecified atom stereocenters. The van der Waals surface area contributed by atoms with Crippen LogP contribution in [-0.2, 0) is 19.2 Å². The average molecular weight is 356 g/mol. The van der Waals surface area contributed by atoms with Crippen LogP contribution in [0.25, 0.3) is 0 Å². The van der Waals surface area contributed by atoms with Crippen molar-refractivity contribution in [3.8, 4) is 0 Å². The Morgan fingerprint density at radius 1 is 1.25 bits per heavy atom. The summed E-state index contributed by atoms with van der Waals surface area (Å²) < 4.78 is 0. The van der Waals surface area contributed by atoms with E-state index in [0.717, 1.165) is 0 Å².